The summed E-state index contributed by atoms with van der Waals surface area (Å²) >= 11 is 0. The van der Waals surface area contributed by atoms with E-state index in [2.05, 4.69) is 26.3 Å². The zero-order valence-electron chi connectivity index (χ0n) is 15.5. The molecule has 1 aliphatic rings. The van der Waals surface area contributed by atoms with Crippen LogP contribution in [0, 0.1) is 6.92 Å². The van der Waals surface area contributed by atoms with Crippen molar-refractivity contribution in [1.82, 2.24) is 30.9 Å². The van der Waals surface area contributed by atoms with Crippen molar-refractivity contribution < 1.29 is 19.1 Å². The highest BCUT2D eigenvalue weighted by Crippen LogP contribution is 2.11. The molecule has 28 heavy (non-hydrogen) atoms. The number of nitrogens with one attached hydrogen (secondary N) is 3. The van der Waals surface area contributed by atoms with Crippen LogP contribution in [0.15, 0.2) is 30.5 Å². The minimum absolute atomic E-state index is 0.0229. The van der Waals surface area contributed by atoms with Gasteiger partial charge in [0, 0.05) is 19.2 Å². The topological polar surface area (TPSA) is 127 Å². The number of benzene rings is 1. The second kappa shape index (κ2) is 8.98. The van der Waals surface area contributed by atoms with Crippen LogP contribution in [-0.2, 0) is 22.6 Å². The van der Waals surface area contributed by atoms with Crippen LogP contribution in [0.2, 0.25) is 0 Å². The monoisotopic (exact) mass is 386 g/mol. The van der Waals surface area contributed by atoms with Crippen LogP contribution in [-0.4, -0.2) is 52.0 Å². The van der Waals surface area contributed by atoms with Gasteiger partial charge >= 0.3 is 6.03 Å². The number of aromatic nitrogens is 3. The Labute approximate surface area is 161 Å². The van der Waals surface area contributed by atoms with Crippen molar-refractivity contribution >= 4 is 17.8 Å². The van der Waals surface area contributed by atoms with E-state index in [4.69, 9.17) is 4.74 Å². The first kappa shape index (κ1) is 19.3. The quantitative estimate of drug-likeness (QED) is 0.409. The fourth-order valence-corrected chi connectivity index (χ4v) is 2.65. The molecule has 3 rings (SSSR count). The highest BCUT2D eigenvalue weighted by atomic mass is 16.5. The van der Waals surface area contributed by atoms with E-state index >= 15 is 0 Å². The standard InChI is InChI=1S/C18H22N6O4/c1-12-3-5-14(6-4-12)28-8-2-7-19-16(25)11-24-10-13(22-23-24)9-15-17(26)21-18(27)20-15/h3-6,10,15H,2,7-9,11H2,1H3,(H,19,25)(H2,20,21,26,27)/t15-/m0/s1. The van der Waals surface area contributed by atoms with Gasteiger partial charge in [0.15, 0.2) is 0 Å². The van der Waals surface area contributed by atoms with Crippen LogP contribution in [0.1, 0.15) is 17.7 Å². The van der Waals surface area contributed by atoms with Crippen molar-refractivity contribution in [3.63, 3.8) is 0 Å². The van der Waals surface area contributed by atoms with Crippen molar-refractivity contribution in [3.05, 3.63) is 41.7 Å². The molecule has 0 unspecified atom stereocenters. The minimum Gasteiger partial charge on any atom is -0.494 e. The lowest BCUT2D eigenvalue weighted by atomic mass is 10.2. The number of ether oxygens (including phenoxy) is 1. The van der Waals surface area contributed by atoms with Gasteiger partial charge in [-0.15, -0.1) is 5.10 Å². The Kier molecular flexibility index (Phi) is 6.20. The number of imide groups is 1. The van der Waals surface area contributed by atoms with Crippen molar-refractivity contribution in [3.8, 4) is 5.75 Å². The molecule has 10 heteroatoms. The van der Waals surface area contributed by atoms with E-state index in [1.165, 1.54) is 10.2 Å². The molecule has 3 N–H and O–H groups in total. The first-order valence-electron chi connectivity index (χ1n) is 8.96. The lowest BCUT2D eigenvalue weighted by Crippen LogP contribution is -2.31. The van der Waals surface area contributed by atoms with Gasteiger partial charge in [0.25, 0.3) is 5.91 Å². The summed E-state index contributed by atoms with van der Waals surface area (Å²) in [6.07, 6.45) is 2.48. The average Bonchev–Trinajstić information content (AvgIpc) is 3.22. The van der Waals surface area contributed by atoms with E-state index in [-0.39, 0.29) is 18.9 Å². The summed E-state index contributed by atoms with van der Waals surface area (Å²) in [6.45, 7) is 3.03. The third-order valence-corrected chi connectivity index (χ3v) is 4.10. The predicted molar refractivity (Wildman–Crippen MR) is 98.5 cm³/mol. The average molecular weight is 386 g/mol. The summed E-state index contributed by atoms with van der Waals surface area (Å²) in [7, 11) is 0. The Hall–Kier alpha value is -3.43. The van der Waals surface area contributed by atoms with E-state index in [0.717, 1.165) is 5.75 Å². The van der Waals surface area contributed by atoms with Gasteiger partial charge in [0.2, 0.25) is 5.91 Å². The van der Waals surface area contributed by atoms with Gasteiger partial charge in [-0.25, -0.2) is 9.48 Å². The maximum Gasteiger partial charge on any atom is 0.322 e. The second-order valence-electron chi connectivity index (χ2n) is 6.49. The van der Waals surface area contributed by atoms with Gasteiger partial charge in [-0.3, -0.25) is 14.9 Å². The Bertz CT molecular complexity index is 848. The molecule has 0 bridgehead atoms. The number of carbonyl (C=O) groups excluding carboxylic acids is 3. The lowest BCUT2D eigenvalue weighted by molar-refractivity contribution is -0.122. The van der Waals surface area contributed by atoms with Gasteiger partial charge in [-0.2, -0.15) is 0 Å². The fraction of sp³-hybridized carbons (Fsp3) is 0.389. The molecule has 10 nitrogen and oxygen atoms in total. The highest BCUT2D eigenvalue weighted by Gasteiger charge is 2.30. The Morgan fingerprint density at radius 3 is 2.79 bits per heavy atom. The zero-order chi connectivity index (χ0) is 19.9. The highest BCUT2D eigenvalue weighted by molar-refractivity contribution is 6.04. The van der Waals surface area contributed by atoms with Gasteiger partial charge in [-0.1, -0.05) is 22.9 Å². The first-order valence-corrected chi connectivity index (χ1v) is 8.96. The van der Waals surface area contributed by atoms with E-state index in [0.29, 0.717) is 25.3 Å². The molecule has 4 amide bonds. The number of nitrogens with zero attached hydrogens (tertiary/aromatic N) is 3. The number of hydrogen-bond donors (Lipinski definition) is 3. The molecule has 1 saturated heterocycles. The van der Waals surface area contributed by atoms with Crippen molar-refractivity contribution in [2.75, 3.05) is 13.2 Å². The number of urea groups is 1. The summed E-state index contributed by atoms with van der Waals surface area (Å²) in [5.41, 5.74) is 1.69. The second-order valence-corrected chi connectivity index (χ2v) is 6.49. The molecule has 1 aliphatic heterocycles. The summed E-state index contributed by atoms with van der Waals surface area (Å²) in [6, 6.07) is 6.61. The van der Waals surface area contributed by atoms with Crippen LogP contribution in [0.5, 0.6) is 5.75 Å². The molecule has 2 heterocycles. The number of hydrogen-bond acceptors (Lipinski definition) is 6. The van der Waals surface area contributed by atoms with Crippen molar-refractivity contribution in [2.24, 2.45) is 0 Å². The number of rotatable bonds is 9. The van der Waals surface area contributed by atoms with E-state index in [9.17, 15) is 14.4 Å². The lowest BCUT2D eigenvalue weighted by Gasteiger charge is -2.07. The van der Waals surface area contributed by atoms with Gasteiger partial charge in [-0.05, 0) is 25.5 Å². The van der Waals surface area contributed by atoms with Gasteiger partial charge in [0.1, 0.15) is 18.3 Å². The fourth-order valence-electron chi connectivity index (χ4n) is 2.65. The molecule has 0 aliphatic carbocycles. The van der Waals surface area contributed by atoms with E-state index < -0.39 is 18.0 Å². The molecule has 1 fully saturated rings. The maximum atomic E-state index is 12.0. The molecule has 148 valence electrons. The molecule has 0 radical (unpaired) electrons. The molecular formula is C18H22N6O4. The van der Waals surface area contributed by atoms with Crippen LogP contribution in [0.4, 0.5) is 4.79 Å². The number of amides is 4. The third kappa shape index (κ3) is 5.53. The van der Waals surface area contributed by atoms with Crippen LogP contribution < -0.4 is 20.7 Å². The zero-order valence-corrected chi connectivity index (χ0v) is 15.5. The largest absolute Gasteiger partial charge is 0.494 e. The van der Waals surface area contributed by atoms with Crippen LogP contribution in [0.3, 0.4) is 0 Å². The first-order chi connectivity index (χ1) is 13.5. The molecule has 1 atom stereocenters. The predicted octanol–water partition coefficient (Wildman–Crippen LogP) is -0.0777. The Morgan fingerprint density at radius 1 is 1.29 bits per heavy atom. The normalized spacial score (nSPS) is 15.8. The Balaban J connectivity index is 1.33. The smallest absolute Gasteiger partial charge is 0.322 e. The summed E-state index contributed by atoms with van der Waals surface area (Å²) in [4.78, 5) is 34.6. The molecule has 1 aromatic carbocycles. The molecule has 0 saturated carbocycles. The van der Waals surface area contributed by atoms with Gasteiger partial charge < -0.3 is 15.4 Å². The SMILES string of the molecule is Cc1ccc(OCCCNC(=O)Cn2cc(C[C@@H]3NC(=O)NC3=O)nn2)cc1. The third-order valence-electron chi connectivity index (χ3n) is 4.10. The van der Waals surface area contributed by atoms with Crippen molar-refractivity contribution in [2.45, 2.75) is 32.4 Å². The molecule has 0 spiro atoms. The molecular weight excluding hydrogens is 364 g/mol. The summed E-state index contributed by atoms with van der Waals surface area (Å²) in [5, 5.41) is 15.2. The van der Waals surface area contributed by atoms with Crippen LogP contribution in [0.25, 0.3) is 0 Å². The van der Waals surface area contributed by atoms with E-state index in [1.54, 1.807) is 6.20 Å². The minimum atomic E-state index is -0.667. The molecule has 1 aromatic heterocycles. The Morgan fingerprint density at radius 2 is 2.07 bits per heavy atom. The van der Waals surface area contributed by atoms with Crippen molar-refractivity contribution in [1.29, 1.82) is 0 Å². The van der Waals surface area contributed by atoms with Gasteiger partial charge in [0.05, 0.1) is 12.3 Å². The molecule has 2 aromatic rings. The maximum absolute atomic E-state index is 12.0. The number of aryl methyl sites for hydroxylation is 1. The summed E-state index contributed by atoms with van der Waals surface area (Å²) in [5.74, 6) is 0.211. The summed E-state index contributed by atoms with van der Waals surface area (Å²) < 4.78 is 6.99. The van der Waals surface area contributed by atoms with E-state index in [1.807, 2.05) is 31.2 Å². The van der Waals surface area contributed by atoms with Crippen LogP contribution >= 0.6 is 0 Å². The number of carbonyl (C=O) groups is 3.